The molecule has 3 N–H and O–H groups in total. The summed E-state index contributed by atoms with van der Waals surface area (Å²) in [5, 5.41) is 7.42. The van der Waals surface area contributed by atoms with Crippen LogP contribution in [0.3, 0.4) is 0 Å². The minimum atomic E-state index is -0.459. The number of benzene rings is 1. The first-order valence-electron chi connectivity index (χ1n) is 5.22. The number of aromatic nitrogens is 2. The lowest BCUT2D eigenvalue weighted by atomic mass is 10.1. The Morgan fingerprint density at radius 1 is 1.17 bits per heavy atom. The molecule has 0 unspecified atom stereocenters. The lowest BCUT2D eigenvalue weighted by Crippen LogP contribution is -2.28. The van der Waals surface area contributed by atoms with Crippen molar-refractivity contribution < 1.29 is 4.79 Å². The average molecular weight is 248 g/mol. The van der Waals surface area contributed by atoms with Crippen LogP contribution in [0.5, 0.6) is 0 Å². The van der Waals surface area contributed by atoms with Gasteiger partial charge >= 0.3 is 6.03 Å². The Labute approximate surface area is 101 Å². The zero-order valence-electron chi connectivity index (χ0n) is 9.90. The molecule has 0 spiro atoms. The number of rotatable bonds is 1. The minimum absolute atomic E-state index is 0.163. The van der Waals surface area contributed by atoms with Crippen molar-refractivity contribution >= 4 is 22.5 Å². The van der Waals surface area contributed by atoms with Gasteiger partial charge in [-0.05, 0) is 12.1 Å². The molecule has 0 aliphatic heterocycles. The van der Waals surface area contributed by atoms with Gasteiger partial charge in [0.25, 0.3) is 11.1 Å². The topological polar surface area (TPSA) is 98.1 Å². The summed E-state index contributed by atoms with van der Waals surface area (Å²) in [5.41, 5.74) is -0.566. The van der Waals surface area contributed by atoms with Crippen LogP contribution in [-0.2, 0) is 0 Å². The normalized spacial score (nSPS) is 10.3. The van der Waals surface area contributed by atoms with Crippen LogP contribution >= 0.6 is 0 Å². The highest BCUT2D eigenvalue weighted by molar-refractivity contribution is 6.00. The van der Waals surface area contributed by atoms with Crippen LogP contribution in [0.15, 0.2) is 27.8 Å². The van der Waals surface area contributed by atoms with Crippen molar-refractivity contribution in [3.8, 4) is 0 Å². The highest BCUT2D eigenvalue weighted by Gasteiger charge is 2.11. The summed E-state index contributed by atoms with van der Waals surface area (Å²) >= 11 is 0. The predicted molar refractivity (Wildman–Crippen MR) is 67.9 cm³/mol. The predicted octanol–water partition coefficient (Wildman–Crippen LogP) is 0.310. The van der Waals surface area contributed by atoms with Crippen molar-refractivity contribution in [2.24, 2.45) is 0 Å². The molecule has 0 fully saturated rings. The van der Waals surface area contributed by atoms with E-state index in [1.54, 1.807) is 26.2 Å². The summed E-state index contributed by atoms with van der Waals surface area (Å²) < 4.78 is 0. The average Bonchev–Trinajstić information content (AvgIpc) is 2.34. The number of amides is 2. The summed E-state index contributed by atoms with van der Waals surface area (Å²) in [4.78, 5) is 36.2. The van der Waals surface area contributed by atoms with Gasteiger partial charge in [-0.15, -0.1) is 0 Å². The maximum absolute atomic E-state index is 11.7. The van der Waals surface area contributed by atoms with Crippen LogP contribution in [-0.4, -0.2) is 35.2 Å². The van der Waals surface area contributed by atoms with Gasteiger partial charge in [-0.3, -0.25) is 19.8 Å². The fourth-order valence-electron chi connectivity index (χ4n) is 1.56. The van der Waals surface area contributed by atoms with Crippen LogP contribution in [0.1, 0.15) is 0 Å². The number of nitrogens with zero attached hydrogens (tertiary/aromatic N) is 1. The Kier molecular flexibility index (Phi) is 2.88. The number of H-pyrrole nitrogens is 2. The van der Waals surface area contributed by atoms with Crippen molar-refractivity contribution in [3.05, 3.63) is 38.9 Å². The number of fused-ring (bicyclic) bond motifs is 1. The van der Waals surface area contributed by atoms with Crippen LogP contribution in [0.4, 0.5) is 10.5 Å². The molecule has 18 heavy (non-hydrogen) atoms. The largest absolute Gasteiger partial charge is 0.331 e. The van der Waals surface area contributed by atoms with E-state index in [1.165, 1.54) is 11.0 Å². The third kappa shape index (κ3) is 1.97. The van der Waals surface area contributed by atoms with E-state index < -0.39 is 11.1 Å². The van der Waals surface area contributed by atoms with E-state index in [1.807, 2.05) is 0 Å². The van der Waals surface area contributed by atoms with Crippen molar-refractivity contribution in [2.75, 3.05) is 19.4 Å². The van der Waals surface area contributed by atoms with E-state index in [2.05, 4.69) is 15.5 Å². The molecule has 0 saturated carbocycles. The quantitative estimate of drug-likeness (QED) is 0.677. The Balaban J connectivity index is 2.66. The number of hydrogen-bond acceptors (Lipinski definition) is 3. The number of carbonyl (C=O) groups excluding carboxylic acids is 1. The highest BCUT2D eigenvalue weighted by Crippen LogP contribution is 2.16. The Morgan fingerprint density at radius 2 is 1.83 bits per heavy atom. The molecule has 2 aromatic rings. The van der Waals surface area contributed by atoms with E-state index in [9.17, 15) is 14.4 Å². The first-order valence-corrected chi connectivity index (χ1v) is 5.22. The molecular weight excluding hydrogens is 236 g/mol. The summed E-state index contributed by atoms with van der Waals surface area (Å²) in [6.07, 6.45) is 0. The van der Waals surface area contributed by atoms with E-state index in [0.29, 0.717) is 5.69 Å². The molecule has 0 aliphatic rings. The maximum Gasteiger partial charge on any atom is 0.321 e. The van der Waals surface area contributed by atoms with E-state index in [0.717, 1.165) is 0 Å². The molecule has 94 valence electrons. The van der Waals surface area contributed by atoms with Crippen LogP contribution < -0.4 is 16.4 Å². The van der Waals surface area contributed by atoms with Gasteiger partial charge in [0.1, 0.15) is 0 Å². The molecule has 0 aliphatic carbocycles. The van der Waals surface area contributed by atoms with E-state index >= 15 is 0 Å². The second kappa shape index (κ2) is 4.36. The molecule has 7 nitrogen and oxygen atoms in total. The van der Waals surface area contributed by atoms with Crippen LogP contribution in [0.25, 0.3) is 10.8 Å². The molecule has 1 aromatic heterocycles. The molecule has 1 heterocycles. The second-order valence-corrected chi connectivity index (χ2v) is 3.96. The summed E-state index contributed by atoms with van der Waals surface area (Å²) in [6, 6.07) is 4.32. The third-order valence-electron chi connectivity index (χ3n) is 2.47. The lowest BCUT2D eigenvalue weighted by Gasteiger charge is -2.12. The monoisotopic (exact) mass is 248 g/mol. The fourth-order valence-corrected chi connectivity index (χ4v) is 1.56. The van der Waals surface area contributed by atoms with E-state index in [-0.39, 0.29) is 16.8 Å². The van der Waals surface area contributed by atoms with Gasteiger partial charge in [-0.25, -0.2) is 4.79 Å². The number of carbonyl (C=O) groups is 1. The zero-order chi connectivity index (χ0) is 13.3. The molecule has 0 bridgehead atoms. The molecule has 2 rings (SSSR count). The first-order chi connectivity index (χ1) is 8.50. The molecule has 0 saturated heterocycles. The van der Waals surface area contributed by atoms with Gasteiger partial charge in [0.05, 0.1) is 16.5 Å². The fraction of sp³-hybridized carbons (Fsp3) is 0.182. The maximum atomic E-state index is 11.7. The standard InChI is InChI=1S/C11H12N4O3/c1-15(2)11(18)12-7-5-3-4-6-8(7)10(17)14-13-9(6)16/h3-5H,1-2H3,(H,12,18)(H,13,16)(H,14,17). The molecule has 0 atom stereocenters. The highest BCUT2D eigenvalue weighted by atomic mass is 16.2. The van der Waals surface area contributed by atoms with Crippen LogP contribution in [0.2, 0.25) is 0 Å². The summed E-state index contributed by atoms with van der Waals surface area (Å²) in [6.45, 7) is 0. The first kappa shape index (κ1) is 11.9. The molecular formula is C11H12N4O3. The van der Waals surface area contributed by atoms with Crippen molar-refractivity contribution in [1.82, 2.24) is 15.1 Å². The van der Waals surface area contributed by atoms with Crippen LogP contribution in [0, 0.1) is 0 Å². The Bertz CT molecular complexity index is 714. The second-order valence-electron chi connectivity index (χ2n) is 3.96. The third-order valence-corrected chi connectivity index (χ3v) is 2.47. The van der Waals surface area contributed by atoms with Gasteiger partial charge in [0.2, 0.25) is 0 Å². The summed E-state index contributed by atoms with van der Waals surface area (Å²) in [5.74, 6) is 0. The number of anilines is 1. The smallest absolute Gasteiger partial charge is 0.321 e. The van der Waals surface area contributed by atoms with E-state index in [4.69, 9.17) is 0 Å². The number of hydrogen-bond donors (Lipinski definition) is 3. The van der Waals surface area contributed by atoms with Crippen molar-refractivity contribution in [1.29, 1.82) is 0 Å². The van der Waals surface area contributed by atoms with Gasteiger partial charge in [-0.2, -0.15) is 0 Å². The van der Waals surface area contributed by atoms with Crippen molar-refractivity contribution in [2.45, 2.75) is 0 Å². The molecule has 1 aromatic carbocycles. The molecule has 2 amide bonds. The summed E-state index contributed by atoms with van der Waals surface area (Å²) in [7, 11) is 3.16. The zero-order valence-corrected chi connectivity index (χ0v) is 9.90. The number of aromatic amines is 2. The van der Waals surface area contributed by atoms with Gasteiger partial charge < -0.3 is 10.2 Å². The molecule has 7 heteroatoms. The molecule has 0 radical (unpaired) electrons. The Hall–Kier alpha value is -2.57. The Morgan fingerprint density at radius 3 is 2.50 bits per heavy atom. The minimum Gasteiger partial charge on any atom is -0.331 e. The van der Waals surface area contributed by atoms with Crippen molar-refractivity contribution in [3.63, 3.8) is 0 Å². The van der Waals surface area contributed by atoms with Gasteiger partial charge in [-0.1, -0.05) is 6.07 Å². The van der Waals surface area contributed by atoms with Gasteiger partial charge in [0.15, 0.2) is 0 Å². The number of nitrogens with one attached hydrogen (secondary N) is 3. The van der Waals surface area contributed by atoms with Gasteiger partial charge in [0, 0.05) is 14.1 Å². The lowest BCUT2D eigenvalue weighted by molar-refractivity contribution is 0.231. The number of urea groups is 1. The SMILES string of the molecule is CN(C)C(=O)Nc1cccc2c(=O)[nH][nH]c(=O)c12.